The highest BCUT2D eigenvalue weighted by Crippen LogP contribution is 2.37. The van der Waals surface area contributed by atoms with Crippen LogP contribution in [0.2, 0.25) is 0 Å². The fourth-order valence-corrected chi connectivity index (χ4v) is 1.10. The van der Waals surface area contributed by atoms with E-state index < -0.39 is 0 Å². The molecule has 1 atom stereocenters. The Bertz CT molecular complexity index is 143. The molecule has 1 nitrogen and oxygen atoms in total. The lowest BCUT2D eigenvalue weighted by molar-refractivity contribution is 0.472. The van der Waals surface area contributed by atoms with E-state index in [-0.39, 0.29) is 5.54 Å². The minimum Gasteiger partial charge on any atom is -0.322 e. The Morgan fingerprint density at radius 1 is 1.70 bits per heavy atom. The van der Waals surface area contributed by atoms with Gasteiger partial charge in [0.05, 0.1) is 0 Å². The summed E-state index contributed by atoms with van der Waals surface area (Å²) in [6, 6.07) is 0. The second-order valence-electron chi connectivity index (χ2n) is 3.85. The van der Waals surface area contributed by atoms with E-state index in [1.165, 1.54) is 12.8 Å². The van der Waals surface area contributed by atoms with Gasteiger partial charge in [-0.1, -0.05) is 25.0 Å². The van der Waals surface area contributed by atoms with Gasteiger partial charge in [0.2, 0.25) is 0 Å². The summed E-state index contributed by atoms with van der Waals surface area (Å²) in [5.41, 5.74) is 7.00. The van der Waals surface area contributed by atoms with E-state index in [0.29, 0.717) is 0 Å². The van der Waals surface area contributed by atoms with Crippen molar-refractivity contribution in [3.05, 3.63) is 12.2 Å². The fourth-order valence-electron chi connectivity index (χ4n) is 1.10. The zero-order chi connectivity index (χ0) is 7.78. The van der Waals surface area contributed by atoms with Crippen molar-refractivity contribution in [3.63, 3.8) is 0 Å². The predicted octanol–water partition coefficient (Wildman–Crippen LogP) is 2.08. The zero-order valence-electron chi connectivity index (χ0n) is 6.98. The molecule has 0 unspecified atom stereocenters. The Labute approximate surface area is 63.3 Å². The molecule has 0 saturated heterocycles. The second kappa shape index (κ2) is 2.39. The average Bonchev–Trinajstić information content (AvgIpc) is 2.48. The molecule has 58 valence electrons. The molecule has 0 aromatic rings. The lowest BCUT2D eigenvalue weighted by Gasteiger charge is -2.24. The summed E-state index contributed by atoms with van der Waals surface area (Å²) in [5.74, 6) is 0.895. The quantitative estimate of drug-likeness (QED) is 0.595. The minimum atomic E-state index is -0.110. The summed E-state index contributed by atoms with van der Waals surface area (Å²) in [5, 5.41) is 0. The van der Waals surface area contributed by atoms with Gasteiger partial charge in [0.15, 0.2) is 0 Å². The van der Waals surface area contributed by atoms with E-state index >= 15 is 0 Å². The number of hydrogen-bond donors (Lipinski definition) is 1. The number of nitrogens with two attached hydrogens (primary N) is 1. The van der Waals surface area contributed by atoms with E-state index in [1.54, 1.807) is 0 Å². The van der Waals surface area contributed by atoms with Crippen molar-refractivity contribution in [2.75, 3.05) is 0 Å². The van der Waals surface area contributed by atoms with Crippen molar-refractivity contribution >= 4 is 0 Å². The van der Waals surface area contributed by atoms with Crippen LogP contribution in [-0.2, 0) is 0 Å². The Hall–Kier alpha value is -0.300. The monoisotopic (exact) mass is 139 g/mol. The van der Waals surface area contributed by atoms with Crippen LogP contribution in [0.4, 0.5) is 0 Å². The van der Waals surface area contributed by atoms with Gasteiger partial charge in [-0.3, -0.25) is 0 Å². The molecule has 0 aromatic heterocycles. The summed E-state index contributed by atoms with van der Waals surface area (Å²) in [6.07, 6.45) is 3.88. The molecule has 0 aromatic carbocycles. The lowest BCUT2D eigenvalue weighted by Crippen LogP contribution is -2.37. The molecule has 0 radical (unpaired) electrons. The van der Waals surface area contributed by atoms with Crippen LogP contribution in [0.25, 0.3) is 0 Å². The highest BCUT2D eigenvalue weighted by atomic mass is 14.7. The molecule has 1 aliphatic carbocycles. The lowest BCUT2D eigenvalue weighted by atomic mass is 9.89. The van der Waals surface area contributed by atoms with Crippen molar-refractivity contribution in [1.29, 1.82) is 0 Å². The van der Waals surface area contributed by atoms with Crippen molar-refractivity contribution in [2.24, 2.45) is 11.7 Å². The first-order valence-electron chi connectivity index (χ1n) is 3.97. The topological polar surface area (TPSA) is 26.0 Å². The molecule has 2 N–H and O–H groups in total. The Morgan fingerprint density at radius 3 is 2.50 bits per heavy atom. The van der Waals surface area contributed by atoms with Crippen LogP contribution < -0.4 is 5.73 Å². The molecule has 1 saturated carbocycles. The van der Waals surface area contributed by atoms with Crippen molar-refractivity contribution < 1.29 is 0 Å². The standard InChI is InChI=1S/C9H17N/c1-7(2)9(3,10)6-8-4-5-8/h8H,1,4-6,10H2,2-3H3/t9-/m0/s1. The molecular weight excluding hydrogens is 122 g/mol. The molecule has 1 rings (SSSR count). The van der Waals surface area contributed by atoms with E-state index in [2.05, 4.69) is 13.5 Å². The van der Waals surface area contributed by atoms with E-state index in [4.69, 9.17) is 5.73 Å². The van der Waals surface area contributed by atoms with E-state index in [9.17, 15) is 0 Å². The van der Waals surface area contributed by atoms with Crippen LogP contribution in [0, 0.1) is 5.92 Å². The molecule has 10 heavy (non-hydrogen) atoms. The Balaban J connectivity index is 2.40. The summed E-state index contributed by atoms with van der Waals surface area (Å²) in [7, 11) is 0. The molecule has 0 heterocycles. The van der Waals surface area contributed by atoms with Gasteiger partial charge in [-0.25, -0.2) is 0 Å². The molecule has 0 spiro atoms. The van der Waals surface area contributed by atoms with Crippen molar-refractivity contribution in [2.45, 2.75) is 38.6 Å². The van der Waals surface area contributed by atoms with Gasteiger partial charge in [-0.15, -0.1) is 0 Å². The van der Waals surface area contributed by atoms with Gasteiger partial charge >= 0.3 is 0 Å². The molecule has 1 aliphatic rings. The molecule has 0 bridgehead atoms. The van der Waals surface area contributed by atoms with Gasteiger partial charge in [0, 0.05) is 5.54 Å². The molecule has 1 heteroatoms. The summed E-state index contributed by atoms with van der Waals surface area (Å²) >= 11 is 0. The van der Waals surface area contributed by atoms with Gasteiger partial charge in [0.1, 0.15) is 0 Å². The first-order chi connectivity index (χ1) is 4.52. The third-order valence-corrected chi connectivity index (χ3v) is 2.38. The Morgan fingerprint density at radius 2 is 2.20 bits per heavy atom. The molecule has 0 amide bonds. The summed E-state index contributed by atoms with van der Waals surface area (Å²) < 4.78 is 0. The Kier molecular flexibility index (Phi) is 1.86. The van der Waals surface area contributed by atoms with E-state index in [1.807, 2.05) is 6.92 Å². The van der Waals surface area contributed by atoms with E-state index in [0.717, 1.165) is 17.9 Å². The van der Waals surface area contributed by atoms with Crippen LogP contribution in [-0.4, -0.2) is 5.54 Å². The predicted molar refractivity (Wildman–Crippen MR) is 44.7 cm³/mol. The SMILES string of the molecule is C=C(C)[C@@](C)(N)CC1CC1. The smallest absolute Gasteiger partial charge is 0.0337 e. The molecular formula is C9H17N. The summed E-state index contributed by atoms with van der Waals surface area (Å²) in [4.78, 5) is 0. The average molecular weight is 139 g/mol. The maximum absolute atomic E-state index is 6.00. The van der Waals surface area contributed by atoms with Gasteiger partial charge < -0.3 is 5.73 Å². The van der Waals surface area contributed by atoms with Crippen LogP contribution >= 0.6 is 0 Å². The van der Waals surface area contributed by atoms with Crippen molar-refractivity contribution in [1.82, 2.24) is 0 Å². The maximum Gasteiger partial charge on any atom is 0.0337 e. The normalized spacial score (nSPS) is 23.9. The molecule has 0 aliphatic heterocycles. The first kappa shape index (κ1) is 7.80. The van der Waals surface area contributed by atoms with Crippen LogP contribution in [0.3, 0.4) is 0 Å². The zero-order valence-corrected chi connectivity index (χ0v) is 6.98. The van der Waals surface area contributed by atoms with Crippen LogP contribution in [0.5, 0.6) is 0 Å². The fraction of sp³-hybridized carbons (Fsp3) is 0.778. The van der Waals surface area contributed by atoms with Gasteiger partial charge in [-0.05, 0) is 26.2 Å². The minimum absolute atomic E-state index is 0.110. The number of hydrogen-bond acceptors (Lipinski definition) is 1. The van der Waals surface area contributed by atoms with Crippen LogP contribution in [0.1, 0.15) is 33.1 Å². The highest BCUT2D eigenvalue weighted by Gasteiger charge is 2.30. The third kappa shape index (κ3) is 1.84. The second-order valence-corrected chi connectivity index (χ2v) is 3.85. The number of rotatable bonds is 3. The van der Waals surface area contributed by atoms with Crippen molar-refractivity contribution in [3.8, 4) is 0 Å². The summed E-state index contributed by atoms with van der Waals surface area (Å²) in [6.45, 7) is 7.98. The largest absolute Gasteiger partial charge is 0.322 e. The van der Waals surface area contributed by atoms with Crippen LogP contribution in [0.15, 0.2) is 12.2 Å². The van der Waals surface area contributed by atoms with Gasteiger partial charge in [0.25, 0.3) is 0 Å². The maximum atomic E-state index is 6.00. The third-order valence-electron chi connectivity index (χ3n) is 2.38. The van der Waals surface area contributed by atoms with Gasteiger partial charge in [-0.2, -0.15) is 0 Å². The first-order valence-corrected chi connectivity index (χ1v) is 3.97. The highest BCUT2D eigenvalue weighted by molar-refractivity contribution is 5.11. The molecule has 1 fully saturated rings.